The highest BCUT2D eigenvalue weighted by Gasteiger charge is 2.33. The summed E-state index contributed by atoms with van der Waals surface area (Å²) in [5.74, 6) is -0.157. The van der Waals surface area contributed by atoms with Crippen LogP contribution in [0, 0.1) is 5.92 Å². The Kier molecular flexibility index (Phi) is 6.45. The van der Waals surface area contributed by atoms with Crippen molar-refractivity contribution in [2.24, 2.45) is 5.92 Å². The molecule has 0 unspecified atom stereocenters. The maximum Gasteiger partial charge on any atom is 0.225 e. The van der Waals surface area contributed by atoms with Crippen molar-refractivity contribution in [1.29, 1.82) is 0 Å². The van der Waals surface area contributed by atoms with Crippen LogP contribution >= 0.6 is 23.2 Å². The van der Waals surface area contributed by atoms with Gasteiger partial charge in [0.1, 0.15) is 0 Å². The Bertz CT molecular complexity index is 758. The zero-order chi connectivity index (χ0) is 18.7. The van der Waals surface area contributed by atoms with Crippen molar-refractivity contribution in [3.05, 3.63) is 33.8 Å². The normalized spacial score (nSPS) is 20.3. The van der Waals surface area contributed by atoms with E-state index in [0.29, 0.717) is 67.8 Å². The molecule has 0 spiro atoms. The second-order valence-corrected chi connectivity index (χ2v) is 9.42. The van der Waals surface area contributed by atoms with Gasteiger partial charge in [-0.15, -0.1) is 0 Å². The molecule has 144 valence electrons. The van der Waals surface area contributed by atoms with Gasteiger partial charge in [-0.25, -0.2) is 12.7 Å². The molecule has 9 heteroatoms. The molecule has 0 aliphatic carbocycles. The third-order valence-electron chi connectivity index (χ3n) is 4.87. The second-order valence-electron chi connectivity index (χ2n) is 6.60. The number of hydrogen-bond donors (Lipinski definition) is 0. The summed E-state index contributed by atoms with van der Waals surface area (Å²) < 4.78 is 32.1. The molecule has 6 nitrogen and oxygen atoms in total. The summed E-state index contributed by atoms with van der Waals surface area (Å²) in [6.07, 6.45) is 1.09. The molecule has 1 aromatic rings. The molecule has 2 heterocycles. The van der Waals surface area contributed by atoms with Crippen LogP contribution in [-0.2, 0) is 25.3 Å². The Balaban J connectivity index is 1.58. The second kappa shape index (κ2) is 8.44. The monoisotopic (exact) mass is 420 g/mol. The average Bonchev–Trinajstić information content (AvgIpc) is 2.64. The van der Waals surface area contributed by atoms with Gasteiger partial charge in [-0.1, -0.05) is 29.3 Å². The quantitative estimate of drug-likeness (QED) is 0.749. The summed E-state index contributed by atoms with van der Waals surface area (Å²) in [5.41, 5.74) is 0.530. The minimum atomic E-state index is -3.48. The van der Waals surface area contributed by atoms with E-state index in [1.54, 1.807) is 18.2 Å². The van der Waals surface area contributed by atoms with Gasteiger partial charge in [0.2, 0.25) is 15.9 Å². The van der Waals surface area contributed by atoms with E-state index in [-0.39, 0.29) is 17.6 Å². The number of nitrogens with zero attached hydrogens (tertiary/aromatic N) is 2. The predicted molar refractivity (Wildman–Crippen MR) is 101 cm³/mol. The standard InChI is InChI=1S/C17H22Cl2N2O4S/c18-15-2-1-14(16(19)11-15)12-26(23,24)21-5-3-13(4-6-21)17(22)20-7-9-25-10-8-20/h1-2,11,13H,3-10,12H2. The van der Waals surface area contributed by atoms with Crippen molar-refractivity contribution < 1.29 is 17.9 Å². The summed E-state index contributed by atoms with van der Waals surface area (Å²) >= 11 is 12.0. The predicted octanol–water partition coefficient (Wildman–Crippen LogP) is 2.39. The first-order chi connectivity index (χ1) is 12.4. The first-order valence-electron chi connectivity index (χ1n) is 8.65. The highest BCUT2D eigenvalue weighted by molar-refractivity contribution is 7.88. The number of carbonyl (C=O) groups excluding carboxylic acids is 1. The van der Waals surface area contributed by atoms with E-state index in [9.17, 15) is 13.2 Å². The van der Waals surface area contributed by atoms with Crippen LogP contribution in [0.1, 0.15) is 18.4 Å². The summed E-state index contributed by atoms with van der Waals surface area (Å²) in [4.78, 5) is 14.4. The van der Waals surface area contributed by atoms with Crippen LogP contribution in [0.15, 0.2) is 18.2 Å². The van der Waals surface area contributed by atoms with E-state index >= 15 is 0 Å². The van der Waals surface area contributed by atoms with Crippen molar-refractivity contribution >= 4 is 39.1 Å². The van der Waals surface area contributed by atoms with Gasteiger partial charge < -0.3 is 9.64 Å². The van der Waals surface area contributed by atoms with Crippen molar-refractivity contribution in [1.82, 2.24) is 9.21 Å². The van der Waals surface area contributed by atoms with E-state index in [0.717, 1.165) is 0 Å². The summed E-state index contributed by atoms with van der Waals surface area (Å²) in [5, 5.41) is 0.817. The molecule has 2 aliphatic rings. The molecule has 0 N–H and O–H groups in total. The molecular formula is C17H22Cl2N2O4S. The Morgan fingerprint density at radius 3 is 2.38 bits per heavy atom. The molecule has 2 saturated heterocycles. The molecule has 1 amide bonds. The highest BCUT2D eigenvalue weighted by atomic mass is 35.5. The van der Waals surface area contributed by atoms with Gasteiger partial charge in [-0.2, -0.15) is 0 Å². The molecular weight excluding hydrogens is 399 g/mol. The number of amides is 1. The van der Waals surface area contributed by atoms with Gasteiger partial charge >= 0.3 is 0 Å². The number of rotatable bonds is 4. The fraction of sp³-hybridized carbons (Fsp3) is 0.588. The van der Waals surface area contributed by atoms with Crippen LogP contribution in [0.5, 0.6) is 0 Å². The van der Waals surface area contributed by atoms with Gasteiger partial charge in [0, 0.05) is 42.1 Å². The Labute approximate surface area is 164 Å². The number of carbonyl (C=O) groups is 1. The van der Waals surface area contributed by atoms with Crippen molar-refractivity contribution in [3.8, 4) is 0 Å². The number of halogens is 2. The third kappa shape index (κ3) is 4.70. The maximum atomic E-state index is 12.7. The molecule has 0 aromatic heterocycles. The number of ether oxygens (including phenoxy) is 1. The average molecular weight is 421 g/mol. The zero-order valence-electron chi connectivity index (χ0n) is 14.4. The lowest BCUT2D eigenvalue weighted by Crippen LogP contribution is -2.47. The van der Waals surface area contributed by atoms with Crippen molar-refractivity contribution in [2.75, 3.05) is 39.4 Å². The van der Waals surface area contributed by atoms with Crippen molar-refractivity contribution in [2.45, 2.75) is 18.6 Å². The number of morpholine rings is 1. The number of benzene rings is 1. The molecule has 0 radical (unpaired) electrons. The first-order valence-corrected chi connectivity index (χ1v) is 11.0. The maximum absolute atomic E-state index is 12.7. The highest BCUT2D eigenvalue weighted by Crippen LogP contribution is 2.27. The lowest BCUT2D eigenvalue weighted by molar-refractivity contribution is -0.140. The summed E-state index contributed by atoms with van der Waals surface area (Å²) in [6.45, 7) is 3.09. The third-order valence-corrected chi connectivity index (χ3v) is 7.29. The van der Waals surface area contributed by atoms with Gasteiger partial charge in [-0.3, -0.25) is 4.79 Å². The van der Waals surface area contributed by atoms with Gasteiger partial charge in [-0.05, 0) is 30.5 Å². The smallest absolute Gasteiger partial charge is 0.225 e. The fourth-order valence-electron chi connectivity index (χ4n) is 3.35. The van der Waals surface area contributed by atoms with E-state index in [2.05, 4.69) is 0 Å². The van der Waals surface area contributed by atoms with Crippen LogP contribution in [-0.4, -0.2) is 62.9 Å². The Hall–Kier alpha value is -0.860. The van der Waals surface area contributed by atoms with Crippen LogP contribution in [0.25, 0.3) is 0 Å². The summed E-state index contributed by atoms with van der Waals surface area (Å²) in [6, 6.07) is 4.81. The lowest BCUT2D eigenvalue weighted by Gasteiger charge is -2.35. The molecule has 3 rings (SSSR count). The number of hydrogen-bond acceptors (Lipinski definition) is 4. The van der Waals surface area contributed by atoms with Gasteiger partial charge in [0.15, 0.2) is 0 Å². The molecule has 1 aromatic carbocycles. The Morgan fingerprint density at radius 1 is 1.12 bits per heavy atom. The number of sulfonamides is 1. The first kappa shape index (κ1) is 19.9. The zero-order valence-corrected chi connectivity index (χ0v) is 16.7. The molecule has 26 heavy (non-hydrogen) atoms. The minimum absolute atomic E-state index is 0.112. The number of piperidine rings is 1. The van der Waals surface area contributed by atoms with Crippen molar-refractivity contribution in [3.63, 3.8) is 0 Å². The van der Waals surface area contributed by atoms with E-state index in [4.69, 9.17) is 27.9 Å². The Morgan fingerprint density at radius 2 is 1.77 bits per heavy atom. The molecule has 0 atom stereocenters. The summed E-state index contributed by atoms with van der Waals surface area (Å²) in [7, 11) is -3.48. The van der Waals surface area contributed by atoms with Gasteiger partial charge in [0.05, 0.1) is 19.0 Å². The van der Waals surface area contributed by atoms with Gasteiger partial charge in [0.25, 0.3) is 0 Å². The van der Waals surface area contributed by atoms with E-state index in [1.165, 1.54) is 4.31 Å². The van der Waals surface area contributed by atoms with Crippen LogP contribution in [0.2, 0.25) is 10.0 Å². The molecule has 2 fully saturated rings. The largest absolute Gasteiger partial charge is 0.378 e. The lowest BCUT2D eigenvalue weighted by atomic mass is 9.96. The SMILES string of the molecule is O=C(C1CCN(S(=O)(=O)Cc2ccc(Cl)cc2Cl)CC1)N1CCOCC1. The van der Waals surface area contributed by atoms with Crippen LogP contribution < -0.4 is 0 Å². The fourth-order valence-corrected chi connectivity index (χ4v) is 5.50. The minimum Gasteiger partial charge on any atom is -0.378 e. The van der Waals surface area contributed by atoms with E-state index < -0.39 is 10.0 Å². The molecule has 0 saturated carbocycles. The van der Waals surface area contributed by atoms with E-state index in [1.807, 2.05) is 4.90 Å². The van der Waals surface area contributed by atoms with Crippen LogP contribution in [0.3, 0.4) is 0 Å². The molecule has 0 bridgehead atoms. The van der Waals surface area contributed by atoms with Crippen LogP contribution in [0.4, 0.5) is 0 Å². The molecule has 2 aliphatic heterocycles. The topological polar surface area (TPSA) is 66.9 Å².